The van der Waals surface area contributed by atoms with Crippen molar-refractivity contribution in [2.45, 2.75) is 45.4 Å². The smallest absolute Gasteiger partial charge is 0.408 e. The number of hydrogen-bond donors (Lipinski definition) is 1. The lowest BCUT2D eigenvalue weighted by molar-refractivity contribution is -0.147. The summed E-state index contributed by atoms with van der Waals surface area (Å²) in [5.74, 6) is 0.203. The predicted molar refractivity (Wildman–Crippen MR) is 106 cm³/mol. The summed E-state index contributed by atoms with van der Waals surface area (Å²) in [5, 5.41) is 2.62. The molecule has 0 saturated carbocycles. The van der Waals surface area contributed by atoms with Gasteiger partial charge in [0.25, 0.3) is 0 Å². The van der Waals surface area contributed by atoms with Crippen LogP contribution in [0.1, 0.15) is 31.9 Å². The SMILES string of the molecule is COc1ccc(COC(=O)[C@H](Cc2ccccc2)NC(=O)OC(C)(C)C)cc1. The van der Waals surface area contributed by atoms with Crippen molar-refractivity contribution in [2.75, 3.05) is 7.11 Å². The molecule has 2 aromatic carbocycles. The Labute approximate surface area is 165 Å². The fourth-order valence-electron chi connectivity index (χ4n) is 2.47. The van der Waals surface area contributed by atoms with Crippen LogP contribution in [0.2, 0.25) is 0 Å². The number of alkyl carbamates (subject to hydrolysis) is 1. The van der Waals surface area contributed by atoms with Crippen LogP contribution in [0.15, 0.2) is 54.6 Å². The molecule has 0 aliphatic carbocycles. The second-order valence-corrected chi connectivity index (χ2v) is 7.34. The van der Waals surface area contributed by atoms with E-state index in [-0.39, 0.29) is 6.61 Å². The quantitative estimate of drug-likeness (QED) is 0.733. The van der Waals surface area contributed by atoms with Gasteiger partial charge >= 0.3 is 12.1 Å². The Bertz CT molecular complexity index is 766. The molecule has 0 aliphatic heterocycles. The summed E-state index contributed by atoms with van der Waals surface area (Å²) in [7, 11) is 1.59. The van der Waals surface area contributed by atoms with E-state index in [1.807, 2.05) is 42.5 Å². The van der Waals surface area contributed by atoms with Gasteiger partial charge in [-0.25, -0.2) is 9.59 Å². The summed E-state index contributed by atoms with van der Waals surface area (Å²) in [6.45, 7) is 5.40. The third-order valence-corrected chi connectivity index (χ3v) is 3.80. The van der Waals surface area contributed by atoms with Gasteiger partial charge in [-0.3, -0.25) is 0 Å². The zero-order valence-electron chi connectivity index (χ0n) is 16.7. The standard InChI is InChI=1S/C22H27NO5/c1-22(2,3)28-21(25)23-19(14-16-8-6-5-7-9-16)20(24)27-15-17-10-12-18(26-4)13-11-17/h5-13,19H,14-15H2,1-4H3,(H,23,25)/t19-/m0/s1. The highest BCUT2D eigenvalue weighted by Gasteiger charge is 2.26. The Morgan fingerprint density at radius 1 is 0.964 bits per heavy atom. The number of hydrogen-bond acceptors (Lipinski definition) is 5. The lowest BCUT2D eigenvalue weighted by Gasteiger charge is -2.23. The molecule has 0 aromatic heterocycles. The van der Waals surface area contributed by atoms with Gasteiger partial charge in [0.15, 0.2) is 0 Å². The molecule has 2 rings (SSSR count). The fourth-order valence-corrected chi connectivity index (χ4v) is 2.47. The number of amides is 1. The highest BCUT2D eigenvalue weighted by atomic mass is 16.6. The number of ether oxygens (including phenoxy) is 3. The minimum absolute atomic E-state index is 0.101. The van der Waals surface area contributed by atoms with Crippen LogP contribution >= 0.6 is 0 Å². The number of rotatable bonds is 7. The largest absolute Gasteiger partial charge is 0.497 e. The number of benzene rings is 2. The van der Waals surface area contributed by atoms with Gasteiger partial charge in [-0.2, -0.15) is 0 Å². The van der Waals surface area contributed by atoms with Gasteiger partial charge in [-0.1, -0.05) is 42.5 Å². The van der Waals surface area contributed by atoms with E-state index in [0.717, 1.165) is 16.9 Å². The number of carbonyl (C=O) groups excluding carboxylic acids is 2. The van der Waals surface area contributed by atoms with E-state index in [4.69, 9.17) is 14.2 Å². The second-order valence-electron chi connectivity index (χ2n) is 7.34. The highest BCUT2D eigenvalue weighted by molar-refractivity contribution is 5.81. The van der Waals surface area contributed by atoms with Gasteiger partial charge in [0.05, 0.1) is 7.11 Å². The molecule has 6 nitrogen and oxygen atoms in total. The number of nitrogens with one attached hydrogen (secondary N) is 1. The Morgan fingerprint density at radius 2 is 1.61 bits per heavy atom. The molecular formula is C22H27NO5. The minimum atomic E-state index is -0.851. The Hall–Kier alpha value is -3.02. The summed E-state index contributed by atoms with van der Waals surface area (Å²) in [5.41, 5.74) is 1.07. The van der Waals surface area contributed by atoms with E-state index in [1.165, 1.54) is 0 Å². The molecule has 1 N–H and O–H groups in total. The monoisotopic (exact) mass is 385 g/mol. The summed E-state index contributed by atoms with van der Waals surface area (Å²) in [6, 6.07) is 15.8. The fraction of sp³-hybridized carbons (Fsp3) is 0.364. The Balaban J connectivity index is 2.03. The van der Waals surface area contributed by atoms with Crippen molar-refractivity contribution in [2.24, 2.45) is 0 Å². The van der Waals surface area contributed by atoms with Crippen molar-refractivity contribution in [3.8, 4) is 5.75 Å². The van der Waals surface area contributed by atoms with Crippen LogP contribution in [0, 0.1) is 0 Å². The summed E-state index contributed by atoms with van der Waals surface area (Å²) >= 11 is 0. The third-order valence-electron chi connectivity index (χ3n) is 3.80. The van der Waals surface area contributed by atoms with E-state index in [2.05, 4.69) is 5.32 Å². The van der Waals surface area contributed by atoms with Crippen molar-refractivity contribution in [3.63, 3.8) is 0 Å². The van der Waals surface area contributed by atoms with E-state index in [1.54, 1.807) is 40.0 Å². The molecule has 0 fully saturated rings. The molecule has 1 amide bonds. The van der Waals surface area contributed by atoms with Crippen molar-refractivity contribution in [1.29, 1.82) is 0 Å². The molecule has 6 heteroatoms. The molecule has 28 heavy (non-hydrogen) atoms. The minimum Gasteiger partial charge on any atom is -0.497 e. The summed E-state index contributed by atoms with van der Waals surface area (Å²) < 4.78 is 15.8. The number of esters is 1. The number of carbonyl (C=O) groups is 2. The zero-order chi connectivity index (χ0) is 20.6. The van der Waals surface area contributed by atoms with Crippen molar-refractivity contribution < 1.29 is 23.8 Å². The molecule has 2 aromatic rings. The molecule has 0 spiro atoms. The van der Waals surface area contributed by atoms with Gasteiger partial charge < -0.3 is 19.5 Å². The average molecular weight is 385 g/mol. The van der Waals surface area contributed by atoms with E-state index >= 15 is 0 Å². The summed E-state index contributed by atoms with van der Waals surface area (Å²) in [4.78, 5) is 24.8. The first-order chi connectivity index (χ1) is 13.3. The second kappa shape index (κ2) is 9.78. The molecule has 0 heterocycles. The van der Waals surface area contributed by atoms with Gasteiger partial charge in [0.1, 0.15) is 24.0 Å². The summed E-state index contributed by atoms with van der Waals surface area (Å²) in [6.07, 6.45) is -0.350. The first-order valence-corrected chi connectivity index (χ1v) is 9.10. The van der Waals surface area contributed by atoms with Crippen LogP contribution in [0.3, 0.4) is 0 Å². The molecule has 0 saturated heterocycles. The highest BCUT2D eigenvalue weighted by Crippen LogP contribution is 2.13. The topological polar surface area (TPSA) is 73.9 Å². The van der Waals surface area contributed by atoms with Crippen LogP contribution in [0.25, 0.3) is 0 Å². The van der Waals surface area contributed by atoms with Crippen LogP contribution in [0.4, 0.5) is 4.79 Å². The first-order valence-electron chi connectivity index (χ1n) is 9.10. The third kappa shape index (κ3) is 7.31. The normalized spacial score (nSPS) is 12.0. The Morgan fingerprint density at radius 3 is 2.18 bits per heavy atom. The van der Waals surface area contributed by atoms with Gasteiger partial charge in [-0.05, 0) is 44.0 Å². The van der Waals surface area contributed by atoms with Crippen LogP contribution < -0.4 is 10.1 Å². The lowest BCUT2D eigenvalue weighted by Crippen LogP contribution is -2.45. The van der Waals surface area contributed by atoms with Gasteiger partial charge in [0, 0.05) is 6.42 Å². The maximum atomic E-state index is 12.6. The molecular weight excluding hydrogens is 358 g/mol. The van der Waals surface area contributed by atoms with Crippen molar-refractivity contribution >= 4 is 12.1 Å². The molecule has 0 unspecified atom stereocenters. The molecule has 0 radical (unpaired) electrons. The lowest BCUT2D eigenvalue weighted by atomic mass is 10.1. The van der Waals surface area contributed by atoms with Crippen LogP contribution in [0.5, 0.6) is 5.75 Å². The molecule has 0 aliphatic rings. The molecule has 0 bridgehead atoms. The predicted octanol–water partition coefficient (Wildman–Crippen LogP) is 3.87. The van der Waals surface area contributed by atoms with Gasteiger partial charge in [0.2, 0.25) is 0 Å². The average Bonchev–Trinajstić information content (AvgIpc) is 2.65. The van der Waals surface area contributed by atoms with Crippen LogP contribution in [-0.2, 0) is 27.3 Å². The maximum Gasteiger partial charge on any atom is 0.408 e. The molecule has 1 atom stereocenters. The van der Waals surface area contributed by atoms with E-state index < -0.39 is 23.7 Å². The first kappa shape index (κ1) is 21.3. The van der Waals surface area contributed by atoms with Crippen molar-refractivity contribution in [3.05, 3.63) is 65.7 Å². The molecule has 150 valence electrons. The number of methoxy groups -OCH3 is 1. The maximum absolute atomic E-state index is 12.6. The van der Waals surface area contributed by atoms with Crippen molar-refractivity contribution in [1.82, 2.24) is 5.32 Å². The van der Waals surface area contributed by atoms with Gasteiger partial charge in [-0.15, -0.1) is 0 Å². The van der Waals surface area contributed by atoms with Crippen LogP contribution in [-0.4, -0.2) is 30.8 Å². The Kier molecular flexibility index (Phi) is 7.44. The van der Waals surface area contributed by atoms with E-state index in [0.29, 0.717) is 6.42 Å². The van der Waals surface area contributed by atoms with E-state index in [9.17, 15) is 9.59 Å². The zero-order valence-corrected chi connectivity index (χ0v) is 16.7.